The number of benzene rings is 3. The summed E-state index contributed by atoms with van der Waals surface area (Å²) in [5.74, 6) is 0. The maximum atomic E-state index is 12.1. The summed E-state index contributed by atoms with van der Waals surface area (Å²) in [6, 6.07) is 22.2. The van der Waals surface area contributed by atoms with E-state index in [-0.39, 0.29) is 6.03 Å². The van der Waals surface area contributed by atoms with Gasteiger partial charge in [0.15, 0.2) is 0 Å². The lowest BCUT2D eigenvalue weighted by atomic mass is 10.1. The number of anilines is 3. The van der Waals surface area contributed by atoms with Crippen LogP contribution in [0.1, 0.15) is 0 Å². The van der Waals surface area contributed by atoms with Gasteiger partial charge >= 0.3 is 6.03 Å². The second kappa shape index (κ2) is 7.06. The molecule has 2 amide bonds. The minimum Gasteiger partial charge on any atom is -0.399 e. The summed E-state index contributed by atoms with van der Waals surface area (Å²) in [7, 11) is 0. The summed E-state index contributed by atoms with van der Waals surface area (Å²) < 4.78 is 0. The van der Waals surface area contributed by atoms with Crippen LogP contribution in [0, 0.1) is 0 Å². The Balaban J connectivity index is 1.66. The van der Waals surface area contributed by atoms with Crippen molar-refractivity contribution in [3.8, 4) is 11.1 Å². The molecule has 4 N–H and O–H groups in total. The van der Waals surface area contributed by atoms with Crippen LogP contribution in [-0.4, -0.2) is 6.03 Å². The van der Waals surface area contributed by atoms with Gasteiger partial charge in [0.25, 0.3) is 0 Å². The van der Waals surface area contributed by atoms with Gasteiger partial charge in [-0.25, -0.2) is 4.79 Å². The fourth-order valence-corrected chi connectivity index (χ4v) is 2.53. The molecule has 120 valence electrons. The van der Waals surface area contributed by atoms with Crippen molar-refractivity contribution in [1.29, 1.82) is 0 Å². The minimum absolute atomic E-state index is 0.367. The molecule has 0 heterocycles. The molecule has 0 fully saturated rings. The third-order valence-electron chi connectivity index (χ3n) is 3.49. The van der Waals surface area contributed by atoms with Gasteiger partial charge in [0.05, 0.1) is 10.7 Å². The second-order valence-electron chi connectivity index (χ2n) is 5.26. The summed E-state index contributed by atoms with van der Waals surface area (Å²) in [5.41, 5.74) is 9.59. The number of carbonyl (C=O) groups is 1. The van der Waals surface area contributed by atoms with E-state index >= 15 is 0 Å². The normalized spacial score (nSPS) is 10.2. The number of nitrogens with one attached hydrogen (secondary N) is 2. The van der Waals surface area contributed by atoms with E-state index in [1.165, 1.54) is 0 Å². The Hall–Kier alpha value is -2.98. The molecule has 3 aromatic rings. The van der Waals surface area contributed by atoms with Gasteiger partial charge in [-0.2, -0.15) is 0 Å². The molecule has 0 saturated carbocycles. The van der Waals surface area contributed by atoms with Gasteiger partial charge in [0.1, 0.15) is 0 Å². The van der Waals surface area contributed by atoms with E-state index in [2.05, 4.69) is 10.6 Å². The van der Waals surface area contributed by atoms with E-state index in [1.54, 1.807) is 18.2 Å². The first kappa shape index (κ1) is 15.9. The summed E-state index contributed by atoms with van der Waals surface area (Å²) in [6.45, 7) is 0. The molecular formula is C19H16ClN3O. The SMILES string of the molecule is Nc1ccc(NC(=O)Nc2ccc(-c3ccccc3)cc2)c(Cl)c1. The topological polar surface area (TPSA) is 67.1 Å². The third-order valence-corrected chi connectivity index (χ3v) is 3.80. The first-order chi connectivity index (χ1) is 11.6. The highest BCUT2D eigenvalue weighted by molar-refractivity contribution is 6.34. The Morgan fingerprint density at radius 1 is 0.833 bits per heavy atom. The second-order valence-corrected chi connectivity index (χ2v) is 5.67. The van der Waals surface area contributed by atoms with Gasteiger partial charge in [-0.3, -0.25) is 0 Å². The molecule has 3 aromatic carbocycles. The molecule has 5 heteroatoms. The largest absolute Gasteiger partial charge is 0.399 e. The molecule has 4 nitrogen and oxygen atoms in total. The predicted octanol–water partition coefficient (Wildman–Crippen LogP) is 5.23. The molecule has 0 aliphatic rings. The first-order valence-electron chi connectivity index (χ1n) is 7.40. The Kier molecular flexibility index (Phi) is 4.68. The van der Waals surface area contributed by atoms with Crippen molar-refractivity contribution in [3.63, 3.8) is 0 Å². The molecule has 0 unspecified atom stereocenters. The number of nitrogens with two attached hydrogens (primary N) is 1. The average molecular weight is 338 g/mol. The summed E-state index contributed by atoms with van der Waals surface area (Å²) in [4.78, 5) is 12.1. The van der Waals surface area contributed by atoms with Gasteiger partial charge in [-0.1, -0.05) is 54.1 Å². The first-order valence-corrected chi connectivity index (χ1v) is 7.78. The Morgan fingerprint density at radius 3 is 2.17 bits per heavy atom. The van der Waals surface area contributed by atoms with Gasteiger partial charge < -0.3 is 16.4 Å². The number of amides is 2. The fourth-order valence-electron chi connectivity index (χ4n) is 2.29. The van der Waals surface area contributed by atoms with Crippen molar-refractivity contribution in [2.24, 2.45) is 0 Å². The number of carbonyl (C=O) groups excluding carboxylic acids is 1. The molecule has 0 radical (unpaired) electrons. The van der Waals surface area contributed by atoms with Gasteiger partial charge in [-0.15, -0.1) is 0 Å². The van der Waals surface area contributed by atoms with E-state index in [9.17, 15) is 4.79 Å². The van der Waals surface area contributed by atoms with E-state index in [0.29, 0.717) is 22.1 Å². The van der Waals surface area contributed by atoms with Crippen LogP contribution in [0.5, 0.6) is 0 Å². The maximum absolute atomic E-state index is 12.1. The summed E-state index contributed by atoms with van der Waals surface area (Å²) in [6.07, 6.45) is 0. The molecule has 0 spiro atoms. The lowest BCUT2D eigenvalue weighted by molar-refractivity contribution is 0.262. The molecule has 0 aliphatic carbocycles. The average Bonchev–Trinajstić information content (AvgIpc) is 2.59. The molecule has 0 aliphatic heterocycles. The van der Waals surface area contributed by atoms with Gasteiger partial charge in [0.2, 0.25) is 0 Å². The lowest BCUT2D eigenvalue weighted by Gasteiger charge is -2.10. The van der Waals surface area contributed by atoms with Crippen molar-refractivity contribution >= 4 is 34.7 Å². The van der Waals surface area contributed by atoms with E-state index < -0.39 is 0 Å². The molecule has 0 atom stereocenters. The number of hydrogen-bond acceptors (Lipinski definition) is 2. The van der Waals surface area contributed by atoms with Crippen LogP contribution in [-0.2, 0) is 0 Å². The van der Waals surface area contributed by atoms with Crippen molar-refractivity contribution in [2.75, 3.05) is 16.4 Å². The predicted molar refractivity (Wildman–Crippen MR) is 100 cm³/mol. The zero-order valence-corrected chi connectivity index (χ0v) is 13.5. The van der Waals surface area contributed by atoms with Gasteiger partial charge in [0, 0.05) is 11.4 Å². The van der Waals surface area contributed by atoms with Crippen LogP contribution in [0.15, 0.2) is 72.8 Å². The van der Waals surface area contributed by atoms with Gasteiger partial charge in [-0.05, 0) is 41.5 Å². The number of nitrogen functional groups attached to an aromatic ring is 1. The zero-order chi connectivity index (χ0) is 16.9. The molecule has 0 bridgehead atoms. The van der Waals surface area contributed by atoms with Crippen LogP contribution >= 0.6 is 11.6 Å². The van der Waals surface area contributed by atoms with Crippen LogP contribution < -0.4 is 16.4 Å². The smallest absolute Gasteiger partial charge is 0.323 e. The lowest BCUT2D eigenvalue weighted by Crippen LogP contribution is -2.19. The van der Waals surface area contributed by atoms with E-state index in [4.69, 9.17) is 17.3 Å². The molecular weight excluding hydrogens is 322 g/mol. The van der Waals surface area contributed by atoms with Crippen molar-refractivity contribution in [1.82, 2.24) is 0 Å². The molecule has 0 aromatic heterocycles. The van der Waals surface area contributed by atoms with E-state index in [0.717, 1.165) is 11.1 Å². The number of rotatable bonds is 3. The highest BCUT2D eigenvalue weighted by atomic mass is 35.5. The van der Waals surface area contributed by atoms with Crippen molar-refractivity contribution < 1.29 is 4.79 Å². The Labute approximate surface area is 145 Å². The van der Waals surface area contributed by atoms with Crippen LogP contribution in [0.25, 0.3) is 11.1 Å². The third kappa shape index (κ3) is 3.86. The highest BCUT2D eigenvalue weighted by Gasteiger charge is 2.06. The van der Waals surface area contributed by atoms with Crippen LogP contribution in [0.3, 0.4) is 0 Å². The standard InChI is InChI=1S/C19H16ClN3O/c20-17-12-15(21)8-11-18(17)23-19(24)22-16-9-6-14(7-10-16)13-4-2-1-3-5-13/h1-12H,21H2,(H2,22,23,24). The zero-order valence-electron chi connectivity index (χ0n) is 12.8. The van der Waals surface area contributed by atoms with Crippen molar-refractivity contribution in [3.05, 3.63) is 77.8 Å². The Bertz CT molecular complexity index is 848. The molecule has 0 saturated heterocycles. The van der Waals surface area contributed by atoms with Crippen LogP contribution in [0.2, 0.25) is 5.02 Å². The Morgan fingerprint density at radius 2 is 1.50 bits per heavy atom. The summed E-state index contributed by atoms with van der Waals surface area (Å²) >= 11 is 6.04. The number of hydrogen-bond donors (Lipinski definition) is 3. The minimum atomic E-state index is -0.367. The van der Waals surface area contributed by atoms with Crippen molar-refractivity contribution in [2.45, 2.75) is 0 Å². The molecule has 3 rings (SSSR count). The summed E-state index contributed by atoms with van der Waals surface area (Å²) in [5, 5.41) is 5.86. The van der Waals surface area contributed by atoms with Crippen LogP contribution in [0.4, 0.5) is 21.9 Å². The maximum Gasteiger partial charge on any atom is 0.323 e. The molecule has 24 heavy (non-hydrogen) atoms. The quantitative estimate of drug-likeness (QED) is 0.572. The van der Waals surface area contributed by atoms with E-state index in [1.807, 2.05) is 54.6 Å². The fraction of sp³-hybridized carbons (Fsp3) is 0. The monoisotopic (exact) mass is 337 g/mol. The highest BCUT2D eigenvalue weighted by Crippen LogP contribution is 2.25. The number of halogens is 1. The number of urea groups is 1.